The van der Waals surface area contributed by atoms with Crippen molar-refractivity contribution in [3.63, 3.8) is 0 Å². The van der Waals surface area contributed by atoms with Gasteiger partial charge in [0, 0.05) is 30.1 Å². The molecule has 4 rings (SSSR count). The van der Waals surface area contributed by atoms with Crippen molar-refractivity contribution < 1.29 is 0 Å². The Morgan fingerprint density at radius 3 is 2.36 bits per heavy atom. The molecule has 0 saturated heterocycles. The highest BCUT2D eigenvalue weighted by atomic mass is 32.2. The minimum atomic E-state index is 0.741. The molecule has 0 spiro atoms. The summed E-state index contributed by atoms with van der Waals surface area (Å²) in [7, 11) is 1.84. The van der Waals surface area contributed by atoms with Crippen LogP contribution < -0.4 is 0 Å². The smallest absolute Gasteiger partial charge is 0.209 e. The first kappa shape index (κ1) is 15.6. The van der Waals surface area contributed by atoms with E-state index >= 15 is 0 Å². The van der Waals surface area contributed by atoms with Gasteiger partial charge in [-0.1, -0.05) is 60.3 Å². The Kier molecular flexibility index (Phi) is 4.30. The number of thioether (sulfide) groups is 1. The van der Waals surface area contributed by atoms with Gasteiger partial charge >= 0.3 is 0 Å². The van der Waals surface area contributed by atoms with Crippen LogP contribution in [0.25, 0.3) is 16.9 Å². The van der Waals surface area contributed by atoms with E-state index in [0.29, 0.717) is 0 Å². The summed E-state index contributed by atoms with van der Waals surface area (Å²) in [5.74, 6) is 0.741. The van der Waals surface area contributed by atoms with E-state index in [4.69, 9.17) is 5.10 Å². The Balaban J connectivity index is 1.70. The van der Waals surface area contributed by atoms with Crippen LogP contribution in [0.5, 0.6) is 0 Å². The predicted molar refractivity (Wildman–Crippen MR) is 97.4 cm³/mol. The standard InChI is InChI=1S/C18H16N6S/c1-23-18(19-21-22-23)25-13-15-12-24(16-10-6-3-7-11-16)20-17(15)14-8-4-2-5-9-14/h2-12H,13H2,1H3. The Hall–Kier alpha value is -2.93. The molecule has 0 aliphatic carbocycles. The predicted octanol–water partition coefficient (Wildman–Crippen LogP) is 3.36. The molecule has 0 aliphatic rings. The van der Waals surface area contributed by atoms with Crippen LogP contribution in [0, 0.1) is 0 Å². The minimum absolute atomic E-state index is 0.741. The van der Waals surface area contributed by atoms with Gasteiger partial charge in [-0.05, 0) is 22.6 Å². The minimum Gasteiger partial charge on any atom is -0.240 e. The molecule has 2 aromatic carbocycles. The number of aromatic nitrogens is 6. The second-order valence-corrected chi connectivity index (χ2v) is 6.47. The van der Waals surface area contributed by atoms with Gasteiger partial charge in [0.05, 0.1) is 11.4 Å². The maximum absolute atomic E-state index is 4.82. The van der Waals surface area contributed by atoms with Gasteiger partial charge in [0.25, 0.3) is 0 Å². The van der Waals surface area contributed by atoms with Crippen LogP contribution in [-0.4, -0.2) is 30.0 Å². The highest BCUT2D eigenvalue weighted by Gasteiger charge is 2.14. The Labute approximate surface area is 149 Å². The maximum Gasteiger partial charge on any atom is 0.209 e. The molecule has 4 aromatic rings. The van der Waals surface area contributed by atoms with E-state index in [0.717, 1.165) is 33.4 Å². The van der Waals surface area contributed by atoms with Gasteiger partial charge in [-0.2, -0.15) is 5.10 Å². The number of benzene rings is 2. The van der Waals surface area contributed by atoms with Gasteiger partial charge in [0.2, 0.25) is 5.16 Å². The number of hydrogen-bond acceptors (Lipinski definition) is 5. The van der Waals surface area contributed by atoms with Crippen LogP contribution in [0.2, 0.25) is 0 Å². The first-order valence-electron chi connectivity index (χ1n) is 7.86. The van der Waals surface area contributed by atoms with Crippen LogP contribution in [0.3, 0.4) is 0 Å². The topological polar surface area (TPSA) is 61.4 Å². The third-order valence-electron chi connectivity index (χ3n) is 3.80. The Morgan fingerprint density at radius 2 is 1.68 bits per heavy atom. The summed E-state index contributed by atoms with van der Waals surface area (Å²) in [5.41, 5.74) is 4.26. The van der Waals surface area contributed by atoms with Gasteiger partial charge < -0.3 is 0 Å². The molecule has 2 aromatic heterocycles. The number of para-hydroxylation sites is 1. The van der Waals surface area contributed by atoms with Crippen molar-refractivity contribution in [1.29, 1.82) is 0 Å². The second-order valence-electron chi connectivity index (χ2n) is 5.52. The summed E-state index contributed by atoms with van der Waals surface area (Å²) in [6.07, 6.45) is 2.08. The summed E-state index contributed by atoms with van der Waals surface area (Å²) >= 11 is 1.60. The van der Waals surface area contributed by atoms with Gasteiger partial charge in [0.1, 0.15) is 0 Å². The molecule has 124 valence electrons. The van der Waals surface area contributed by atoms with E-state index in [9.17, 15) is 0 Å². The summed E-state index contributed by atoms with van der Waals surface area (Å²) in [6.45, 7) is 0. The number of rotatable bonds is 5. The lowest BCUT2D eigenvalue weighted by Crippen LogP contribution is -1.93. The van der Waals surface area contributed by atoms with E-state index in [-0.39, 0.29) is 0 Å². The highest BCUT2D eigenvalue weighted by molar-refractivity contribution is 7.98. The largest absolute Gasteiger partial charge is 0.240 e. The van der Waals surface area contributed by atoms with Crippen molar-refractivity contribution in [2.75, 3.05) is 0 Å². The van der Waals surface area contributed by atoms with Crippen LogP contribution in [0.1, 0.15) is 5.56 Å². The monoisotopic (exact) mass is 348 g/mol. The molecule has 0 bridgehead atoms. The SMILES string of the molecule is Cn1nnnc1SCc1cn(-c2ccccc2)nc1-c1ccccc1. The molecule has 0 aliphatic heterocycles. The van der Waals surface area contributed by atoms with Crippen molar-refractivity contribution in [3.8, 4) is 16.9 Å². The molecule has 0 atom stereocenters. The van der Waals surface area contributed by atoms with Gasteiger partial charge in [-0.25, -0.2) is 9.36 Å². The fourth-order valence-electron chi connectivity index (χ4n) is 2.55. The molecule has 0 N–H and O–H groups in total. The zero-order valence-electron chi connectivity index (χ0n) is 13.6. The summed E-state index contributed by atoms with van der Waals surface area (Å²) in [4.78, 5) is 0. The highest BCUT2D eigenvalue weighted by Crippen LogP contribution is 2.28. The van der Waals surface area contributed by atoms with Crippen LogP contribution in [-0.2, 0) is 12.8 Å². The van der Waals surface area contributed by atoms with Gasteiger partial charge in [-0.15, -0.1) is 5.10 Å². The molecule has 0 radical (unpaired) electrons. The summed E-state index contributed by atoms with van der Waals surface area (Å²) < 4.78 is 3.60. The van der Waals surface area contributed by atoms with Crippen molar-refractivity contribution in [1.82, 2.24) is 30.0 Å². The Bertz CT molecular complexity index is 962. The van der Waals surface area contributed by atoms with Crippen molar-refractivity contribution in [2.24, 2.45) is 7.05 Å². The quantitative estimate of drug-likeness (QED) is 0.518. The van der Waals surface area contributed by atoms with E-state index in [1.54, 1.807) is 16.4 Å². The first-order chi connectivity index (χ1) is 12.3. The molecule has 2 heterocycles. The molecule has 25 heavy (non-hydrogen) atoms. The van der Waals surface area contributed by atoms with Gasteiger partial charge in [0.15, 0.2) is 0 Å². The second kappa shape index (κ2) is 6.90. The number of nitrogens with zero attached hydrogens (tertiary/aromatic N) is 6. The van der Waals surface area contributed by atoms with Gasteiger partial charge in [-0.3, -0.25) is 0 Å². The lowest BCUT2D eigenvalue weighted by atomic mass is 10.1. The molecule has 0 fully saturated rings. The van der Waals surface area contributed by atoms with E-state index < -0.39 is 0 Å². The third kappa shape index (κ3) is 3.32. The Morgan fingerprint density at radius 1 is 0.960 bits per heavy atom. The van der Waals surface area contributed by atoms with E-state index in [2.05, 4.69) is 33.9 Å². The zero-order chi connectivity index (χ0) is 17.1. The molecule has 6 nitrogen and oxygen atoms in total. The number of tetrazole rings is 1. The van der Waals surface area contributed by atoms with Crippen molar-refractivity contribution >= 4 is 11.8 Å². The zero-order valence-corrected chi connectivity index (χ0v) is 14.5. The summed E-state index contributed by atoms with van der Waals surface area (Å²) in [5, 5.41) is 17.2. The average Bonchev–Trinajstić information content (AvgIpc) is 3.27. The summed E-state index contributed by atoms with van der Waals surface area (Å²) in [6, 6.07) is 20.3. The molecular weight excluding hydrogens is 332 g/mol. The van der Waals surface area contributed by atoms with E-state index in [1.165, 1.54) is 0 Å². The van der Waals surface area contributed by atoms with Crippen LogP contribution in [0.4, 0.5) is 0 Å². The van der Waals surface area contributed by atoms with Crippen molar-refractivity contribution in [3.05, 3.63) is 72.4 Å². The maximum atomic E-state index is 4.82. The first-order valence-corrected chi connectivity index (χ1v) is 8.84. The van der Waals surface area contributed by atoms with Crippen molar-refractivity contribution in [2.45, 2.75) is 10.9 Å². The fraction of sp³-hybridized carbons (Fsp3) is 0.111. The average molecular weight is 348 g/mol. The number of aryl methyl sites for hydroxylation is 1. The molecule has 7 heteroatoms. The normalized spacial score (nSPS) is 10.9. The third-order valence-corrected chi connectivity index (χ3v) is 4.86. The molecule has 0 amide bonds. The van der Waals surface area contributed by atoms with E-state index in [1.807, 2.05) is 60.3 Å². The lowest BCUT2D eigenvalue weighted by molar-refractivity contribution is 0.664. The van der Waals surface area contributed by atoms with Crippen LogP contribution >= 0.6 is 11.8 Å². The molecular formula is C18H16N6S. The fourth-order valence-corrected chi connectivity index (χ4v) is 3.37. The molecule has 0 saturated carbocycles. The van der Waals surface area contributed by atoms with Crippen LogP contribution in [0.15, 0.2) is 72.0 Å². The number of hydrogen-bond donors (Lipinski definition) is 0. The lowest BCUT2D eigenvalue weighted by Gasteiger charge is -2.01. The molecule has 0 unspecified atom stereocenters.